The van der Waals surface area contributed by atoms with Crippen LogP contribution in [0, 0.1) is 11.6 Å². The van der Waals surface area contributed by atoms with Gasteiger partial charge in [-0.15, -0.1) is 0 Å². The molecule has 6 nitrogen and oxygen atoms in total. The summed E-state index contributed by atoms with van der Waals surface area (Å²) >= 11 is 12.0. The topological polar surface area (TPSA) is 86.5 Å². The minimum absolute atomic E-state index is 0.193. The highest BCUT2D eigenvalue weighted by molar-refractivity contribution is 6.42. The van der Waals surface area contributed by atoms with Crippen LogP contribution in [0.5, 0.6) is 0 Å². The Morgan fingerprint density at radius 2 is 1.81 bits per heavy atom. The number of benzene rings is 2. The van der Waals surface area contributed by atoms with Crippen molar-refractivity contribution in [3.8, 4) is 11.5 Å². The number of hydrogen-bond donors (Lipinski definition) is 3. The molecule has 2 heterocycles. The van der Waals surface area contributed by atoms with Crippen LogP contribution in [0.25, 0.3) is 22.6 Å². The molecule has 0 aliphatic carbocycles. The van der Waals surface area contributed by atoms with E-state index in [4.69, 9.17) is 23.2 Å². The molecule has 27 heavy (non-hydrogen) atoms. The van der Waals surface area contributed by atoms with Crippen molar-refractivity contribution in [3.05, 3.63) is 63.8 Å². The van der Waals surface area contributed by atoms with Crippen LogP contribution in [0.4, 0.5) is 14.5 Å². The molecule has 1 amide bonds. The van der Waals surface area contributed by atoms with E-state index in [-0.39, 0.29) is 5.69 Å². The third kappa shape index (κ3) is 3.13. The van der Waals surface area contributed by atoms with Gasteiger partial charge in [-0.2, -0.15) is 5.10 Å². The molecule has 2 aromatic heterocycles. The predicted octanol–water partition coefficient (Wildman–Crippen LogP) is 4.79. The lowest BCUT2D eigenvalue weighted by Crippen LogP contribution is -2.16. The van der Waals surface area contributed by atoms with Gasteiger partial charge in [0.1, 0.15) is 22.9 Å². The van der Waals surface area contributed by atoms with Gasteiger partial charge in [-0.25, -0.2) is 13.8 Å². The zero-order valence-corrected chi connectivity index (χ0v) is 14.8. The van der Waals surface area contributed by atoms with E-state index in [1.165, 1.54) is 12.3 Å². The number of imidazole rings is 1. The first kappa shape index (κ1) is 17.4. The second kappa shape index (κ2) is 6.64. The fourth-order valence-electron chi connectivity index (χ4n) is 2.58. The number of rotatable bonds is 3. The molecule has 4 aromatic rings. The summed E-state index contributed by atoms with van der Waals surface area (Å²) in [5, 5.41) is 9.67. The fraction of sp³-hybridized carbons (Fsp3) is 0. The van der Waals surface area contributed by atoms with E-state index >= 15 is 0 Å². The summed E-state index contributed by atoms with van der Waals surface area (Å²) in [5.74, 6) is -2.54. The normalized spacial score (nSPS) is 11.1. The molecular formula is C17H9Cl2F2N5O. The van der Waals surface area contributed by atoms with Gasteiger partial charge in [0, 0.05) is 0 Å². The van der Waals surface area contributed by atoms with Crippen LogP contribution in [0.2, 0.25) is 10.0 Å². The molecule has 10 heteroatoms. The number of anilines is 1. The monoisotopic (exact) mass is 407 g/mol. The number of H-pyrrole nitrogens is 2. The Balaban J connectivity index is 1.70. The maximum Gasteiger partial charge on any atom is 0.261 e. The van der Waals surface area contributed by atoms with Crippen LogP contribution in [0.1, 0.15) is 10.4 Å². The van der Waals surface area contributed by atoms with Crippen molar-refractivity contribution < 1.29 is 13.6 Å². The van der Waals surface area contributed by atoms with Crippen LogP contribution in [-0.2, 0) is 0 Å². The Morgan fingerprint density at radius 3 is 2.56 bits per heavy atom. The number of carbonyl (C=O) groups excluding carboxylic acids is 1. The smallest absolute Gasteiger partial charge is 0.261 e. The molecule has 3 N–H and O–H groups in total. The highest BCUT2D eigenvalue weighted by Gasteiger charge is 2.20. The molecule has 136 valence electrons. The number of nitrogens with one attached hydrogen (secondary N) is 3. The van der Waals surface area contributed by atoms with Crippen LogP contribution in [-0.4, -0.2) is 26.1 Å². The first-order chi connectivity index (χ1) is 12.9. The summed E-state index contributed by atoms with van der Waals surface area (Å²) in [7, 11) is 0. The maximum atomic E-state index is 13.8. The largest absolute Gasteiger partial charge is 0.337 e. The molecule has 4 rings (SSSR count). The van der Waals surface area contributed by atoms with Crippen LogP contribution in [0.3, 0.4) is 0 Å². The molecule has 0 radical (unpaired) electrons. The predicted molar refractivity (Wildman–Crippen MR) is 98.0 cm³/mol. The van der Waals surface area contributed by atoms with E-state index in [1.807, 2.05) is 0 Å². The molecule has 0 atom stereocenters. The second-order valence-electron chi connectivity index (χ2n) is 5.58. The molecule has 0 unspecified atom stereocenters. The lowest BCUT2D eigenvalue weighted by Gasteiger charge is -2.06. The molecule has 0 saturated heterocycles. The summed E-state index contributed by atoms with van der Waals surface area (Å²) in [6.45, 7) is 0. The summed E-state index contributed by atoms with van der Waals surface area (Å²) in [4.78, 5) is 19.7. The van der Waals surface area contributed by atoms with Gasteiger partial charge in [0.2, 0.25) is 0 Å². The number of hydrogen-bond acceptors (Lipinski definition) is 3. The van der Waals surface area contributed by atoms with Gasteiger partial charge in [0.05, 0.1) is 33.0 Å². The molecule has 0 aliphatic heterocycles. The molecular weight excluding hydrogens is 399 g/mol. The van der Waals surface area contributed by atoms with Gasteiger partial charge >= 0.3 is 0 Å². The van der Waals surface area contributed by atoms with E-state index in [0.717, 1.165) is 12.1 Å². The minimum Gasteiger partial charge on any atom is -0.337 e. The second-order valence-corrected chi connectivity index (χ2v) is 6.39. The number of halogens is 4. The SMILES string of the molecule is O=C(Nc1cn[nH]c1-c1nc2cc(Cl)c(Cl)cc2[nH]1)c1c(F)cccc1F. The lowest BCUT2D eigenvalue weighted by atomic mass is 10.2. The molecule has 0 fully saturated rings. The van der Waals surface area contributed by atoms with Gasteiger partial charge in [-0.05, 0) is 24.3 Å². The minimum atomic E-state index is -0.967. The van der Waals surface area contributed by atoms with E-state index < -0.39 is 23.1 Å². The van der Waals surface area contributed by atoms with E-state index in [0.29, 0.717) is 32.6 Å². The first-order valence-electron chi connectivity index (χ1n) is 7.58. The van der Waals surface area contributed by atoms with Gasteiger partial charge in [-0.3, -0.25) is 9.89 Å². The van der Waals surface area contributed by atoms with E-state index in [1.54, 1.807) is 12.1 Å². The van der Waals surface area contributed by atoms with Crippen LogP contribution in [0.15, 0.2) is 36.5 Å². The zero-order valence-electron chi connectivity index (χ0n) is 13.3. The zero-order chi connectivity index (χ0) is 19.1. The lowest BCUT2D eigenvalue weighted by molar-refractivity contribution is 0.101. The van der Waals surface area contributed by atoms with Gasteiger partial charge < -0.3 is 10.3 Å². The summed E-state index contributed by atoms with van der Waals surface area (Å²) < 4.78 is 27.6. The van der Waals surface area contributed by atoms with Crippen molar-refractivity contribution in [3.63, 3.8) is 0 Å². The van der Waals surface area contributed by atoms with Crippen LogP contribution < -0.4 is 5.32 Å². The standard InChI is InChI=1S/C17H9Cl2F2N5O/c18-7-4-11-12(5-8(7)19)24-16(23-11)15-13(6-22-26-15)25-17(27)14-9(20)2-1-3-10(14)21/h1-6H,(H,22,26)(H,23,24)(H,25,27). The third-order valence-corrected chi connectivity index (χ3v) is 4.56. The van der Waals surface area contributed by atoms with Crippen molar-refractivity contribution >= 4 is 45.8 Å². The quantitative estimate of drug-likeness (QED) is 0.456. The third-order valence-electron chi connectivity index (χ3n) is 3.84. The van der Waals surface area contributed by atoms with Crippen LogP contribution >= 0.6 is 23.2 Å². The van der Waals surface area contributed by atoms with Crippen molar-refractivity contribution in [2.45, 2.75) is 0 Å². The number of carbonyl (C=O) groups is 1. The Labute approximate surface area is 160 Å². The van der Waals surface area contributed by atoms with E-state index in [9.17, 15) is 13.6 Å². The Kier molecular flexibility index (Phi) is 4.29. The highest BCUT2D eigenvalue weighted by atomic mass is 35.5. The Hall–Kier alpha value is -2.97. The summed E-state index contributed by atoms with van der Waals surface area (Å²) in [6.07, 6.45) is 1.30. The molecule has 0 aliphatic rings. The average Bonchev–Trinajstić information content (AvgIpc) is 3.21. The number of aromatic amines is 2. The molecule has 0 bridgehead atoms. The highest BCUT2D eigenvalue weighted by Crippen LogP contribution is 2.30. The number of nitrogens with zero attached hydrogens (tertiary/aromatic N) is 2. The fourth-order valence-corrected chi connectivity index (χ4v) is 2.91. The van der Waals surface area contributed by atoms with Crippen molar-refractivity contribution in [2.75, 3.05) is 5.32 Å². The molecule has 0 saturated carbocycles. The van der Waals surface area contributed by atoms with E-state index in [2.05, 4.69) is 25.5 Å². The van der Waals surface area contributed by atoms with Gasteiger partial charge in [0.25, 0.3) is 5.91 Å². The molecule has 2 aromatic carbocycles. The Bertz CT molecular complexity index is 1130. The van der Waals surface area contributed by atoms with Crippen molar-refractivity contribution in [2.24, 2.45) is 0 Å². The maximum absolute atomic E-state index is 13.8. The molecule has 0 spiro atoms. The number of aromatic nitrogens is 4. The summed E-state index contributed by atoms with van der Waals surface area (Å²) in [5.41, 5.74) is 0.994. The summed E-state index contributed by atoms with van der Waals surface area (Å²) in [6, 6.07) is 6.37. The van der Waals surface area contributed by atoms with Crippen molar-refractivity contribution in [1.29, 1.82) is 0 Å². The van der Waals surface area contributed by atoms with Gasteiger partial charge in [0.15, 0.2) is 5.82 Å². The van der Waals surface area contributed by atoms with Crippen molar-refractivity contribution in [1.82, 2.24) is 20.2 Å². The number of fused-ring (bicyclic) bond motifs is 1. The van der Waals surface area contributed by atoms with Gasteiger partial charge in [-0.1, -0.05) is 29.3 Å². The number of amides is 1. The first-order valence-corrected chi connectivity index (χ1v) is 8.33. The average molecular weight is 408 g/mol. The Morgan fingerprint density at radius 1 is 1.11 bits per heavy atom.